The summed E-state index contributed by atoms with van der Waals surface area (Å²) in [5, 5.41) is 15.8. The Morgan fingerprint density at radius 1 is 1.39 bits per heavy atom. The monoisotopic (exact) mass is 420 g/mol. The first-order valence-corrected chi connectivity index (χ1v) is 10.3. The van der Waals surface area contributed by atoms with E-state index in [1.54, 1.807) is 6.92 Å². The zero-order chi connectivity index (χ0) is 19.8. The average Bonchev–Trinajstić information content (AvgIpc) is 3.19. The minimum atomic E-state index is -0.189. The van der Waals surface area contributed by atoms with Crippen molar-refractivity contribution < 1.29 is 14.6 Å². The van der Waals surface area contributed by atoms with Crippen LogP contribution in [0.5, 0.6) is 5.88 Å². The molecular weight excluding hydrogens is 400 g/mol. The highest BCUT2D eigenvalue weighted by Crippen LogP contribution is 2.41. The number of hydrogen-bond acceptors (Lipinski definition) is 7. The number of rotatable bonds is 4. The van der Waals surface area contributed by atoms with Crippen LogP contribution in [0.4, 0.5) is 0 Å². The van der Waals surface area contributed by atoms with Crippen LogP contribution < -0.4 is 0 Å². The second-order valence-corrected chi connectivity index (χ2v) is 8.38. The molecule has 0 amide bonds. The number of aromatic hydroxyl groups is 1. The summed E-state index contributed by atoms with van der Waals surface area (Å²) in [6.07, 6.45) is 1.43. The zero-order valence-corrected chi connectivity index (χ0v) is 17.2. The molecule has 1 N–H and O–H groups in total. The van der Waals surface area contributed by atoms with Gasteiger partial charge in [0.1, 0.15) is 5.82 Å². The summed E-state index contributed by atoms with van der Waals surface area (Å²) in [6, 6.07) is 7.47. The van der Waals surface area contributed by atoms with E-state index in [1.165, 1.54) is 23.0 Å². The molecule has 0 spiro atoms. The van der Waals surface area contributed by atoms with Crippen molar-refractivity contribution in [3.8, 4) is 5.88 Å². The first kappa shape index (κ1) is 19.2. The predicted octanol–water partition coefficient (Wildman–Crippen LogP) is 3.43. The summed E-state index contributed by atoms with van der Waals surface area (Å²) in [5.74, 6) is 0.475. The van der Waals surface area contributed by atoms with Crippen molar-refractivity contribution in [3.05, 3.63) is 45.6 Å². The maximum absolute atomic E-state index is 11.9. The van der Waals surface area contributed by atoms with Gasteiger partial charge in [-0.05, 0) is 50.6 Å². The Bertz CT molecular complexity index is 1010. The van der Waals surface area contributed by atoms with Gasteiger partial charge in [0, 0.05) is 5.02 Å². The van der Waals surface area contributed by atoms with Crippen LogP contribution in [0, 0.1) is 12.8 Å². The number of fused-ring (bicyclic) bond motifs is 1. The van der Waals surface area contributed by atoms with Gasteiger partial charge in [0.05, 0.1) is 23.9 Å². The highest BCUT2D eigenvalue weighted by molar-refractivity contribution is 7.17. The fraction of sp³-hybridized carbons (Fsp3) is 0.421. The van der Waals surface area contributed by atoms with Gasteiger partial charge in [-0.25, -0.2) is 4.98 Å². The van der Waals surface area contributed by atoms with E-state index in [-0.39, 0.29) is 23.8 Å². The van der Waals surface area contributed by atoms with E-state index in [9.17, 15) is 9.90 Å². The third-order valence-corrected chi connectivity index (χ3v) is 6.46. The Hall–Kier alpha value is -2.16. The maximum atomic E-state index is 11.9. The maximum Gasteiger partial charge on any atom is 0.308 e. The molecule has 0 aliphatic carbocycles. The molecule has 9 heteroatoms. The number of piperidine rings is 1. The lowest BCUT2D eigenvalue weighted by molar-refractivity contribution is -0.147. The summed E-state index contributed by atoms with van der Waals surface area (Å²) in [6.45, 7) is 3.22. The molecular formula is C19H21ClN4O3S. The molecule has 1 aliphatic heterocycles. The van der Waals surface area contributed by atoms with Crippen LogP contribution in [0.1, 0.15) is 35.1 Å². The van der Waals surface area contributed by atoms with Gasteiger partial charge in [-0.2, -0.15) is 4.52 Å². The van der Waals surface area contributed by atoms with E-state index in [4.69, 9.17) is 16.3 Å². The molecule has 148 valence electrons. The molecule has 1 aromatic carbocycles. The average molecular weight is 421 g/mol. The van der Waals surface area contributed by atoms with E-state index < -0.39 is 0 Å². The largest absolute Gasteiger partial charge is 0.492 e. The minimum absolute atomic E-state index is 0.0835. The van der Waals surface area contributed by atoms with Crippen LogP contribution in [-0.2, 0) is 9.53 Å². The fourth-order valence-electron chi connectivity index (χ4n) is 3.79. The van der Waals surface area contributed by atoms with E-state index in [0.29, 0.717) is 41.7 Å². The number of carbonyl (C=O) groups excluding carboxylic acids is 1. The summed E-state index contributed by atoms with van der Waals surface area (Å²) in [4.78, 5) is 20.0. The van der Waals surface area contributed by atoms with Crippen LogP contribution >= 0.6 is 22.9 Å². The molecule has 3 heterocycles. The van der Waals surface area contributed by atoms with Gasteiger partial charge in [-0.3, -0.25) is 9.69 Å². The number of benzene rings is 1. The lowest BCUT2D eigenvalue weighted by Gasteiger charge is -2.36. The van der Waals surface area contributed by atoms with Gasteiger partial charge in [-0.1, -0.05) is 35.1 Å². The molecule has 0 saturated carbocycles. The third kappa shape index (κ3) is 3.47. The van der Waals surface area contributed by atoms with Crippen LogP contribution in [0.15, 0.2) is 24.3 Å². The number of aromatic nitrogens is 3. The zero-order valence-electron chi connectivity index (χ0n) is 15.6. The van der Waals surface area contributed by atoms with E-state index >= 15 is 0 Å². The Balaban J connectivity index is 1.71. The van der Waals surface area contributed by atoms with Crippen LogP contribution in [-0.4, -0.2) is 50.8 Å². The van der Waals surface area contributed by atoms with Crippen LogP contribution in [0.25, 0.3) is 4.96 Å². The lowest BCUT2D eigenvalue weighted by atomic mass is 9.94. The molecule has 1 fully saturated rings. The van der Waals surface area contributed by atoms with Crippen molar-refractivity contribution in [2.24, 2.45) is 5.92 Å². The number of methoxy groups -OCH3 is 1. The Morgan fingerprint density at radius 3 is 2.79 bits per heavy atom. The minimum Gasteiger partial charge on any atom is -0.492 e. The molecule has 7 nitrogen and oxygen atoms in total. The topological polar surface area (TPSA) is 80.0 Å². The normalized spacial score (nSPS) is 17.1. The standard InChI is InChI=1S/C19H21ClN4O3S/c1-11-21-19-24(22-11)17(25)16(28-19)15(13-4-3-5-14(20)10-13)23-8-6-12(7-9-23)18(26)27-2/h3-5,10,12,15,25H,6-9H2,1-2H3. The van der Waals surface area contributed by atoms with Gasteiger partial charge >= 0.3 is 5.97 Å². The molecule has 4 rings (SSSR count). The smallest absolute Gasteiger partial charge is 0.308 e. The molecule has 2 aromatic heterocycles. The Morgan fingerprint density at radius 2 is 2.14 bits per heavy atom. The molecule has 0 radical (unpaired) electrons. The molecule has 1 unspecified atom stereocenters. The molecule has 3 aromatic rings. The number of carbonyl (C=O) groups is 1. The number of aryl methyl sites for hydroxylation is 1. The number of nitrogens with zero attached hydrogens (tertiary/aromatic N) is 4. The number of ether oxygens (including phenoxy) is 1. The fourth-order valence-corrected chi connectivity index (χ4v) is 5.15. The molecule has 0 bridgehead atoms. The Kier molecular flexibility index (Phi) is 5.27. The van der Waals surface area contributed by atoms with Gasteiger partial charge in [0.2, 0.25) is 10.8 Å². The lowest BCUT2D eigenvalue weighted by Crippen LogP contribution is -2.39. The van der Waals surface area contributed by atoms with E-state index in [1.807, 2.05) is 24.3 Å². The van der Waals surface area contributed by atoms with Crippen molar-refractivity contribution in [1.82, 2.24) is 19.5 Å². The number of thiazole rings is 1. The van der Waals surface area contributed by atoms with Crippen molar-refractivity contribution in [1.29, 1.82) is 0 Å². The van der Waals surface area contributed by atoms with Gasteiger partial charge in [-0.15, -0.1) is 5.10 Å². The van der Waals surface area contributed by atoms with Crippen LogP contribution in [0.3, 0.4) is 0 Å². The van der Waals surface area contributed by atoms with Crippen molar-refractivity contribution in [3.63, 3.8) is 0 Å². The van der Waals surface area contributed by atoms with Gasteiger partial charge < -0.3 is 9.84 Å². The molecule has 28 heavy (non-hydrogen) atoms. The van der Waals surface area contributed by atoms with Crippen molar-refractivity contribution in [2.45, 2.75) is 25.8 Å². The second-order valence-electron chi connectivity index (χ2n) is 6.93. The predicted molar refractivity (Wildman–Crippen MR) is 107 cm³/mol. The van der Waals surface area contributed by atoms with E-state index in [0.717, 1.165) is 10.4 Å². The second kappa shape index (κ2) is 7.69. The molecule has 1 saturated heterocycles. The summed E-state index contributed by atoms with van der Waals surface area (Å²) in [5.41, 5.74) is 0.987. The summed E-state index contributed by atoms with van der Waals surface area (Å²) >= 11 is 7.67. The van der Waals surface area contributed by atoms with Gasteiger partial charge in [0.25, 0.3) is 0 Å². The van der Waals surface area contributed by atoms with Crippen molar-refractivity contribution in [2.75, 3.05) is 20.2 Å². The summed E-state index contributed by atoms with van der Waals surface area (Å²) in [7, 11) is 1.43. The number of hydrogen-bond donors (Lipinski definition) is 1. The first-order chi connectivity index (χ1) is 13.5. The number of halogens is 1. The van der Waals surface area contributed by atoms with Crippen LogP contribution in [0.2, 0.25) is 5.02 Å². The van der Waals surface area contributed by atoms with E-state index in [2.05, 4.69) is 15.0 Å². The SMILES string of the molecule is COC(=O)C1CCN(C(c2cccc(Cl)c2)c2sc3nc(C)nn3c2O)CC1. The number of esters is 1. The molecule has 1 aliphatic rings. The molecule has 1 atom stereocenters. The first-order valence-electron chi connectivity index (χ1n) is 9.10. The van der Waals surface area contributed by atoms with Crippen molar-refractivity contribution >= 4 is 33.9 Å². The highest BCUT2D eigenvalue weighted by atomic mass is 35.5. The number of likely N-dealkylation sites (tertiary alicyclic amines) is 1. The highest BCUT2D eigenvalue weighted by Gasteiger charge is 2.34. The van der Waals surface area contributed by atoms with Gasteiger partial charge in [0.15, 0.2) is 0 Å². The third-order valence-electron chi connectivity index (χ3n) is 5.15. The summed E-state index contributed by atoms with van der Waals surface area (Å²) < 4.78 is 6.38. The quantitative estimate of drug-likeness (QED) is 0.651. The Labute approximate surface area is 171 Å².